The predicted molar refractivity (Wildman–Crippen MR) is 71.4 cm³/mol. The van der Waals surface area contributed by atoms with Crippen LogP contribution < -0.4 is 0 Å². The van der Waals surface area contributed by atoms with Gasteiger partial charge in [0.1, 0.15) is 0 Å². The van der Waals surface area contributed by atoms with Gasteiger partial charge in [-0.2, -0.15) is 0 Å². The maximum absolute atomic E-state index is 11.7. The monoisotopic (exact) mass is 343 g/mol. The molecule has 0 aromatic heterocycles. The minimum absolute atomic E-state index is 0.0878. The molecular formula is C14H14InNO2. The molecule has 1 heterocycles. The average Bonchev–Trinajstić information content (AvgIpc) is 2.93. The summed E-state index contributed by atoms with van der Waals surface area (Å²) >= 11 is -0.866. The molecule has 1 aliphatic rings. The number of benzene rings is 1. The third-order valence-electron chi connectivity index (χ3n) is 2.80. The van der Waals surface area contributed by atoms with Gasteiger partial charge in [-0.15, -0.1) is 0 Å². The Hall–Kier alpha value is -1.05. The SMILES string of the molecule is O=C(CC#Cc1ccccc1)N(O)[CH]1CC[CH]=[In]1. The van der Waals surface area contributed by atoms with E-state index in [0.717, 1.165) is 23.5 Å². The molecule has 0 aliphatic carbocycles. The standard InChI is InChI=1S/C14H14NO2.In/c1-2-3-12-15(17)14(16)11-7-10-13-8-5-4-6-9-13;/h1,4-6,8-9,12,17H,2-3,11H2;. The van der Waals surface area contributed by atoms with E-state index in [-0.39, 0.29) is 16.1 Å². The van der Waals surface area contributed by atoms with Gasteiger partial charge in [0.2, 0.25) is 0 Å². The van der Waals surface area contributed by atoms with Crippen LogP contribution in [0, 0.1) is 11.8 Å². The second-order valence-corrected chi connectivity index (χ2v) is 8.80. The second-order valence-electron chi connectivity index (χ2n) is 4.16. The Morgan fingerprint density at radius 2 is 2.22 bits per heavy atom. The Balaban J connectivity index is 1.88. The Morgan fingerprint density at radius 3 is 2.89 bits per heavy atom. The fourth-order valence-corrected chi connectivity index (χ4v) is 5.86. The fraction of sp³-hybridized carbons (Fsp3) is 0.286. The third kappa shape index (κ3) is 3.72. The minimum atomic E-state index is -0.866. The van der Waals surface area contributed by atoms with E-state index in [1.54, 1.807) is 0 Å². The van der Waals surface area contributed by atoms with Crippen molar-refractivity contribution in [3.05, 3.63) is 35.9 Å². The molecule has 0 fully saturated rings. The Labute approximate surface area is 118 Å². The summed E-state index contributed by atoms with van der Waals surface area (Å²) in [4.78, 5) is 11.7. The molecular weight excluding hydrogens is 329 g/mol. The molecule has 1 N–H and O–H groups in total. The number of nitrogens with zero attached hydrogens (tertiary/aromatic N) is 1. The Bertz CT molecular complexity index is 502. The molecule has 1 aliphatic heterocycles. The van der Waals surface area contributed by atoms with Crippen molar-refractivity contribution in [3.63, 3.8) is 0 Å². The molecule has 1 aromatic rings. The normalized spacial score (nSPS) is 16.6. The van der Waals surface area contributed by atoms with Crippen LogP contribution in [-0.2, 0) is 4.79 Å². The summed E-state index contributed by atoms with van der Waals surface area (Å²) in [5.41, 5.74) is 0.891. The van der Waals surface area contributed by atoms with Crippen molar-refractivity contribution in [1.82, 2.24) is 5.06 Å². The van der Waals surface area contributed by atoms with E-state index in [2.05, 4.69) is 15.6 Å². The van der Waals surface area contributed by atoms with Crippen molar-refractivity contribution in [2.75, 3.05) is 0 Å². The van der Waals surface area contributed by atoms with Crippen molar-refractivity contribution >= 4 is 32.1 Å². The van der Waals surface area contributed by atoms with E-state index in [0.29, 0.717) is 0 Å². The molecule has 0 saturated carbocycles. The van der Waals surface area contributed by atoms with E-state index in [1.165, 1.54) is 0 Å². The van der Waals surface area contributed by atoms with Crippen LogP contribution in [-0.4, -0.2) is 46.2 Å². The van der Waals surface area contributed by atoms with Gasteiger partial charge in [0.25, 0.3) is 0 Å². The number of carbonyl (C=O) groups excluding carboxylic acids is 1. The van der Waals surface area contributed by atoms with Crippen molar-refractivity contribution < 1.29 is 10.0 Å². The van der Waals surface area contributed by atoms with E-state index >= 15 is 0 Å². The number of amides is 1. The van der Waals surface area contributed by atoms with Crippen LogP contribution in [0.2, 0.25) is 0 Å². The van der Waals surface area contributed by atoms with Gasteiger partial charge >= 0.3 is 118 Å². The van der Waals surface area contributed by atoms with Gasteiger partial charge < -0.3 is 0 Å². The van der Waals surface area contributed by atoms with Crippen molar-refractivity contribution in [1.29, 1.82) is 0 Å². The quantitative estimate of drug-likeness (QED) is 0.499. The van der Waals surface area contributed by atoms with Crippen LogP contribution in [0.25, 0.3) is 0 Å². The molecule has 0 bridgehead atoms. The molecule has 1 atom stereocenters. The number of hydrogen-bond acceptors (Lipinski definition) is 2. The number of rotatable bonds is 2. The van der Waals surface area contributed by atoms with Crippen LogP contribution in [0.4, 0.5) is 0 Å². The average molecular weight is 343 g/mol. The van der Waals surface area contributed by atoms with Crippen molar-refractivity contribution in [2.24, 2.45) is 0 Å². The first-order valence-corrected chi connectivity index (χ1v) is 9.79. The van der Waals surface area contributed by atoms with Gasteiger partial charge in [-0.05, 0) is 0 Å². The van der Waals surface area contributed by atoms with Gasteiger partial charge in [-0.25, -0.2) is 0 Å². The summed E-state index contributed by atoms with van der Waals surface area (Å²) < 4.78 is 2.41. The van der Waals surface area contributed by atoms with Crippen molar-refractivity contribution in [3.8, 4) is 11.8 Å². The van der Waals surface area contributed by atoms with E-state index in [4.69, 9.17) is 0 Å². The van der Waals surface area contributed by atoms with Crippen molar-refractivity contribution in [2.45, 2.75) is 23.1 Å². The molecule has 0 spiro atoms. The summed E-state index contributed by atoms with van der Waals surface area (Å²) in [5.74, 6) is 5.46. The molecule has 2 rings (SSSR count). The molecule has 1 amide bonds. The zero-order valence-corrected chi connectivity index (χ0v) is 13.3. The van der Waals surface area contributed by atoms with Gasteiger partial charge in [0.05, 0.1) is 0 Å². The molecule has 4 heteroatoms. The van der Waals surface area contributed by atoms with Gasteiger partial charge in [0.15, 0.2) is 0 Å². The van der Waals surface area contributed by atoms with E-state index in [1.807, 2.05) is 30.3 Å². The van der Waals surface area contributed by atoms with E-state index < -0.39 is 22.4 Å². The number of carbonyl (C=O) groups is 1. The summed E-state index contributed by atoms with van der Waals surface area (Å²) in [7, 11) is 0. The van der Waals surface area contributed by atoms with Crippen LogP contribution >= 0.6 is 0 Å². The molecule has 90 valence electrons. The molecule has 1 aromatic carbocycles. The Morgan fingerprint density at radius 1 is 1.44 bits per heavy atom. The molecule has 0 radical (unpaired) electrons. The number of hydrogen-bond donors (Lipinski definition) is 1. The van der Waals surface area contributed by atoms with Gasteiger partial charge in [-0.3, -0.25) is 0 Å². The van der Waals surface area contributed by atoms with Crippen LogP contribution in [0.15, 0.2) is 30.3 Å². The summed E-state index contributed by atoms with van der Waals surface area (Å²) in [5, 5.41) is 10.7. The van der Waals surface area contributed by atoms with Gasteiger partial charge in [-0.1, -0.05) is 0 Å². The zero-order chi connectivity index (χ0) is 12.8. The first-order valence-electron chi connectivity index (χ1n) is 5.99. The predicted octanol–water partition coefficient (Wildman–Crippen LogP) is 1.27. The van der Waals surface area contributed by atoms with Crippen LogP contribution in [0.5, 0.6) is 0 Å². The fourth-order valence-electron chi connectivity index (χ4n) is 1.83. The third-order valence-corrected chi connectivity index (χ3v) is 7.56. The molecule has 18 heavy (non-hydrogen) atoms. The summed E-state index contributed by atoms with van der Waals surface area (Å²) in [6.45, 7) is 0. The summed E-state index contributed by atoms with van der Waals surface area (Å²) in [6, 6.07) is 9.54. The van der Waals surface area contributed by atoms with Gasteiger partial charge in [0, 0.05) is 0 Å². The Kier molecular flexibility index (Phi) is 5.03. The summed E-state index contributed by atoms with van der Waals surface area (Å²) in [6.07, 6.45) is 2.06. The number of hydroxylamine groups is 2. The van der Waals surface area contributed by atoms with Crippen LogP contribution in [0.1, 0.15) is 24.8 Å². The first kappa shape index (κ1) is 13.4. The first-order chi connectivity index (χ1) is 8.77. The van der Waals surface area contributed by atoms with E-state index in [9.17, 15) is 10.0 Å². The zero-order valence-electron chi connectivity index (χ0n) is 10.0. The second kappa shape index (κ2) is 6.77. The molecule has 0 saturated heterocycles. The molecule has 1 unspecified atom stereocenters. The van der Waals surface area contributed by atoms with Crippen LogP contribution in [0.3, 0.4) is 0 Å². The topological polar surface area (TPSA) is 40.5 Å². The molecule has 3 nitrogen and oxygen atoms in total. The maximum atomic E-state index is 11.7.